The van der Waals surface area contributed by atoms with E-state index in [4.69, 9.17) is 11.6 Å². The zero-order valence-electron chi connectivity index (χ0n) is 12.9. The number of hydrogen-bond acceptors (Lipinski definition) is 4. The van der Waals surface area contributed by atoms with Crippen LogP contribution in [0.2, 0.25) is 5.02 Å². The number of fused-ring (bicyclic) bond motifs is 1. The van der Waals surface area contributed by atoms with Crippen LogP contribution in [0.1, 0.15) is 12.0 Å². The highest BCUT2D eigenvalue weighted by Gasteiger charge is 2.19. The third kappa shape index (κ3) is 3.49. The molecule has 1 amide bonds. The lowest BCUT2D eigenvalue weighted by Gasteiger charge is -2.30. The van der Waals surface area contributed by atoms with E-state index in [2.05, 4.69) is 11.4 Å². The monoisotopic (exact) mass is 345 g/mol. The number of carbonyl (C=O) groups excluding carboxylic acids is 1. The van der Waals surface area contributed by atoms with Crippen molar-refractivity contribution in [2.45, 2.75) is 12.8 Å². The van der Waals surface area contributed by atoms with Crippen molar-refractivity contribution in [1.82, 2.24) is 0 Å². The van der Waals surface area contributed by atoms with E-state index >= 15 is 0 Å². The van der Waals surface area contributed by atoms with Gasteiger partial charge in [0.05, 0.1) is 22.2 Å². The average Bonchev–Trinajstić information content (AvgIpc) is 2.57. The van der Waals surface area contributed by atoms with Crippen molar-refractivity contribution >= 4 is 34.6 Å². The molecule has 0 unspecified atom stereocenters. The smallest absolute Gasteiger partial charge is 0.271 e. The van der Waals surface area contributed by atoms with E-state index in [9.17, 15) is 14.9 Å². The van der Waals surface area contributed by atoms with Gasteiger partial charge in [-0.25, -0.2) is 0 Å². The summed E-state index contributed by atoms with van der Waals surface area (Å²) in [6.07, 6.45) is 1.99. The molecule has 1 N–H and O–H groups in total. The molecule has 1 aliphatic rings. The highest BCUT2D eigenvalue weighted by molar-refractivity contribution is 6.33. The van der Waals surface area contributed by atoms with Gasteiger partial charge in [-0.3, -0.25) is 14.9 Å². The van der Waals surface area contributed by atoms with E-state index in [1.165, 1.54) is 23.8 Å². The van der Waals surface area contributed by atoms with E-state index in [1.807, 2.05) is 23.1 Å². The Kier molecular flexibility index (Phi) is 4.66. The van der Waals surface area contributed by atoms with Gasteiger partial charge >= 0.3 is 0 Å². The first-order chi connectivity index (χ1) is 11.5. The lowest BCUT2D eigenvalue weighted by molar-refractivity contribution is -0.384. The number of benzene rings is 2. The van der Waals surface area contributed by atoms with E-state index in [1.54, 1.807) is 0 Å². The Hall–Kier alpha value is -2.60. The predicted octanol–water partition coefficient (Wildman–Crippen LogP) is 3.64. The van der Waals surface area contributed by atoms with Crippen molar-refractivity contribution in [3.8, 4) is 0 Å². The van der Waals surface area contributed by atoms with Gasteiger partial charge < -0.3 is 10.2 Å². The Bertz CT molecular complexity index is 794. The molecule has 0 fully saturated rings. The van der Waals surface area contributed by atoms with Gasteiger partial charge in [0, 0.05) is 24.4 Å². The van der Waals surface area contributed by atoms with E-state index in [0.717, 1.165) is 25.1 Å². The summed E-state index contributed by atoms with van der Waals surface area (Å²) in [5.74, 6) is -0.255. The fourth-order valence-electron chi connectivity index (χ4n) is 2.86. The van der Waals surface area contributed by atoms with Crippen molar-refractivity contribution in [1.29, 1.82) is 0 Å². The first-order valence-corrected chi connectivity index (χ1v) is 7.99. The summed E-state index contributed by atoms with van der Waals surface area (Å²) >= 11 is 6.02. The van der Waals surface area contributed by atoms with E-state index in [-0.39, 0.29) is 28.8 Å². The quantitative estimate of drug-likeness (QED) is 0.678. The summed E-state index contributed by atoms with van der Waals surface area (Å²) in [4.78, 5) is 24.7. The fraction of sp³-hybridized carbons (Fsp3) is 0.235. The Labute approximate surface area is 144 Å². The first-order valence-electron chi connectivity index (χ1n) is 7.61. The SMILES string of the molecule is O=C(CN1CCCc2ccccc21)Nc1cc([N+](=O)[O-])ccc1Cl. The maximum atomic E-state index is 12.3. The van der Waals surface area contributed by atoms with Crippen LogP contribution in [0.3, 0.4) is 0 Å². The second-order valence-corrected chi connectivity index (χ2v) is 6.03. The third-order valence-corrected chi connectivity index (χ3v) is 4.31. The number of nitro benzene ring substituents is 1. The Balaban J connectivity index is 1.73. The van der Waals surface area contributed by atoms with Gasteiger partial charge in [0.25, 0.3) is 5.69 Å². The molecule has 2 aromatic rings. The maximum absolute atomic E-state index is 12.3. The Morgan fingerprint density at radius 3 is 2.88 bits per heavy atom. The molecule has 0 saturated carbocycles. The van der Waals surface area contributed by atoms with Crippen LogP contribution in [0.25, 0.3) is 0 Å². The molecule has 7 heteroatoms. The zero-order valence-corrected chi connectivity index (χ0v) is 13.6. The molecular formula is C17H16ClN3O3. The second kappa shape index (κ2) is 6.88. The number of aryl methyl sites for hydroxylation is 1. The number of anilines is 2. The second-order valence-electron chi connectivity index (χ2n) is 5.62. The summed E-state index contributed by atoms with van der Waals surface area (Å²) < 4.78 is 0. The van der Waals surface area contributed by atoms with Crippen LogP contribution in [0.4, 0.5) is 17.1 Å². The van der Waals surface area contributed by atoms with Crippen LogP contribution in [-0.2, 0) is 11.2 Å². The van der Waals surface area contributed by atoms with Crippen molar-refractivity contribution in [2.75, 3.05) is 23.3 Å². The van der Waals surface area contributed by atoms with Crippen LogP contribution in [0.15, 0.2) is 42.5 Å². The molecule has 0 saturated heterocycles. The topological polar surface area (TPSA) is 75.5 Å². The number of non-ortho nitro benzene ring substituents is 1. The van der Waals surface area contributed by atoms with E-state index < -0.39 is 4.92 Å². The summed E-state index contributed by atoms with van der Waals surface area (Å²) in [7, 11) is 0. The normalized spacial score (nSPS) is 13.3. The summed E-state index contributed by atoms with van der Waals surface area (Å²) in [6.45, 7) is 0.975. The maximum Gasteiger partial charge on any atom is 0.271 e. The molecule has 0 atom stereocenters. The highest BCUT2D eigenvalue weighted by Crippen LogP contribution is 2.28. The molecular weight excluding hydrogens is 330 g/mol. The molecule has 2 aromatic carbocycles. The van der Waals surface area contributed by atoms with Gasteiger partial charge in [0.15, 0.2) is 0 Å². The van der Waals surface area contributed by atoms with Gasteiger partial charge in [0.2, 0.25) is 5.91 Å². The molecule has 0 bridgehead atoms. The van der Waals surface area contributed by atoms with Crippen LogP contribution in [0.5, 0.6) is 0 Å². The summed E-state index contributed by atoms with van der Waals surface area (Å²) in [5.41, 5.74) is 2.42. The molecule has 0 spiro atoms. The minimum Gasteiger partial charge on any atom is -0.362 e. The number of nitrogens with zero attached hydrogens (tertiary/aromatic N) is 2. The molecule has 1 aliphatic heterocycles. The van der Waals surface area contributed by atoms with Crippen LogP contribution >= 0.6 is 11.6 Å². The van der Waals surface area contributed by atoms with Gasteiger partial charge in [0.1, 0.15) is 0 Å². The average molecular weight is 346 g/mol. The number of halogens is 1. The van der Waals surface area contributed by atoms with Gasteiger partial charge in [-0.2, -0.15) is 0 Å². The molecule has 124 valence electrons. The first kappa shape index (κ1) is 16.3. The number of para-hydroxylation sites is 1. The number of rotatable bonds is 4. The van der Waals surface area contributed by atoms with Gasteiger partial charge in [-0.1, -0.05) is 29.8 Å². The molecule has 24 heavy (non-hydrogen) atoms. The van der Waals surface area contributed by atoms with Crippen LogP contribution < -0.4 is 10.2 Å². The third-order valence-electron chi connectivity index (χ3n) is 3.98. The molecule has 0 aromatic heterocycles. The number of nitrogens with one attached hydrogen (secondary N) is 1. The number of nitro groups is 1. The summed E-state index contributed by atoms with van der Waals surface area (Å²) in [6, 6.07) is 12.0. The molecule has 0 aliphatic carbocycles. The van der Waals surface area contributed by atoms with Crippen molar-refractivity contribution in [2.24, 2.45) is 0 Å². The molecule has 0 radical (unpaired) electrons. The molecule has 3 rings (SSSR count). The van der Waals surface area contributed by atoms with Crippen molar-refractivity contribution in [3.05, 3.63) is 63.2 Å². The lowest BCUT2D eigenvalue weighted by Crippen LogP contribution is -2.36. The van der Waals surface area contributed by atoms with Crippen LogP contribution in [0, 0.1) is 10.1 Å². The molecule has 6 nitrogen and oxygen atoms in total. The molecule has 1 heterocycles. The highest BCUT2D eigenvalue weighted by atomic mass is 35.5. The van der Waals surface area contributed by atoms with Gasteiger partial charge in [-0.15, -0.1) is 0 Å². The Morgan fingerprint density at radius 2 is 2.08 bits per heavy atom. The number of amides is 1. The van der Waals surface area contributed by atoms with Crippen molar-refractivity contribution < 1.29 is 9.72 Å². The Morgan fingerprint density at radius 1 is 1.29 bits per heavy atom. The predicted molar refractivity (Wildman–Crippen MR) is 93.7 cm³/mol. The van der Waals surface area contributed by atoms with Gasteiger partial charge in [-0.05, 0) is 30.5 Å². The minimum absolute atomic E-state index is 0.113. The zero-order chi connectivity index (χ0) is 17.1. The van der Waals surface area contributed by atoms with Crippen molar-refractivity contribution in [3.63, 3.8) is 0 Å². The standard InChI is InChI=1S/C17H16ClN3O3/c18-14-8-7-13(21(23)24)10-15(14)19-17(22)11-20-9-3-5-12-4-1-2-6-16(12)20/h1-2,4,6-8,10H,3,5,9,11H2,(H,19,22). The largest absolute Gasteiger partial charge is 0.362 e. The lowest BCUT2D eigenvalue weighted by atomic mass is 10.0. The number of carbonyl (C=O) groups is 1. The minimum atomic E-state index is -0.521. The number of hydrogen-bond donors (Lipinski definition) is 1. The van der Waals surface area contributed by atoms with E-state index in [0.29, 0.717) is 0 Å². The summed E-state index contributed by atoms with van der Waals surface area (Å²) in [5, 5.41) is 13.8. The van der Waals surface area contributed by atoms with Crippen LogP contribution in [-0.4, -0.2) is 23.9 Å². The fourth-order valence-corrected chi connectivity index (χ4v) is 3.03.